The number of carboxylic acid groups (broad SMARTS) is 1. The molecule has 2 aromatic carbocycles. The summed E-state index contributed by atoms with van der Waals surface area (Å²) in [7, 11) is -3.43. The average Bonchev–Trinajstić information content (AvgIpc) is 2.94. The number of carbonyl (C=O) groups is 2. The first-order valence-corrected chi connectivity index (χ1v) is 10.0. The summed E-state index contributed by atoms with van der Waals surface area (Å²) in [5, 5.41) is 13.1. The highest BCUT2D eigenvalue weighted by Crippen LogP contribution is 2.24. The fourth-order valence-corrected chi connectivity index (χ4v) is 3.49. The molecule has 140 valence electrons. The van der Waals surface area contributed by atoms with Crippen LogP contribution in [0, 0.1) is 0 Å². The van der Waals surface area contributed by atoms with Gasteiger partial charge in [0, 0.05) is 27.9 Å². The van der Waals surface area contributed by atoms with Crippen molar-refractivity contribution in [2.75, 3.05) is 11.6 Å². The van der Waals surface area contributed by atoms with Crippen LogP contribution in [0.1, 0.15) is 10.5 Å². The number of nitrogens with zero attached hydrogens (tertiary/aromatic N) is 1. The number of benzene rings is 2. The molecule has 2 N–H and O–H groups in total. The van der Waals surface area contributed by atoms with Gasteiger partial charge in [-0.15, -0.1) is 0 Å². The maximum atomic E-state index is 12.4. The number of rotatable bonds is 5. The first kappa shape index (κ1) is 18.9. The van der Waals surface area contributed by atoms with E-state index in [-0.39, 0.29) is 17.1 Å². The summed E-state index contributed by atoms with van der Waals surface area (Å²) >= 11 is 5.80. The molecule has 0 bridgehead atoms. The zero-order chi connectivity index (χ0) is 19.8. The normalized spacial score (nSPS) is 11.5. The Morgan fingerprint density at radius 1 is 1.11 bits per heavy atom. The van der Waals surface area contributed by atoms with E-state index in [0.717, 1.165) is 6.26 Å². The van der Waals surface area contributed by atoms with E-state index in [1.165, 1.54) is 28.8 Å². The molecule has 0 saturated heterocycles. The van der Waals surface area contributed by atoms with Gasteiger partial charge in [0.05, 0.1) is 4.90 Å². The molecule has 3 rings (SSSR count). The van der Waals surface area contributed by atoms with E-state index in [2.05, 4.69) is 5.32 Å². The molecule has 27 heavy (non-hydrogen) atoms. The summed E-state index contributed by atoms with van der Waals surface area (Å²) in [4.78, 5) is 24.0. The number of aromatic carboxylic acids is 1. The van der Waals surface area contributed by atoms with Crippen molar-refractivity contribution >= 4 is 49.9 Å². The number of aromatic nitrogens is 1. The maximum Gasteiger partial charge on any atom is 0.352 e. The lowest BCUT2D eigenvalue weighted by Gasteiger charge is -2.10. The predicted octanol–water partition coefficient (Wildman–Crippen LogP) is 3.04. The number of anilines is 1. The largest absolute Gasteiger partial charge is 0.477 e. The van der Waals surface area contributed by atoms with Gasteiger partial charge in [0.1, 0.15) is 12.2 Å². The monoisotopic (exact) mass is 406 g/mol. The van der Waals surface area contributed by atoms with E-state index < -0.39 is 21.7 Å². The summed E-state index contributed by atoms with van der Waals surface area (Å²) in [6, 6.07) is 12.1. The van der Waals surface area contributed by atoms with Gasteiger partial charge < -0.3 is 15.0 Å². The Hall–Kier alpha value is -2.84. The molecule has 3 aromatic rings. The lowest BCUT2D eigenvalue weighted by molar-refractivity contribution is -0.116. The van der Waals surface area contributed by atoms with Gasteiger partial charge in [-0.2, -0.15) is 0 Å². The summed E-state index contributed by atoms with van der Waals surface area (Å²) in [5.41, 5.74) is 0.866. The molecule has 0 aliphatic heterocycles. The SMILES string of the molecule is CS(=O)(=O)c1ccc2c(c1)cc(C(=O)O)n2CC(=O)Nc1ccc(Cl)cc1. The number of carboxylic acids is 1. The first-order chi connectivity index (χ1) is 12.6. The third kappa shape index (κ3) is 4.12. The average molecular weight is 407 g/mol. The minimum absolute atomic E-state index is 0.0784. The highest BCUT2D eigenvalue weighted by molar-refractivity contribution is 7.90. The molecule has 0 aliphatic carbocycles. The van der Waals surface area contributed by atoms with Crippen molar-refractivity contribution in [3.8, 4) is 0 Å². The van der Waals surface area contributed by atoms with Crippen LogP contribution in [0.5, 0.6) is 0 Å². The van der Waals surface area contributed by atoms with E-state index in [1.807, 2.05) is 0 Å². The van der Waals surface area contributed by atoms with E-state index in [9.17, 15) is 23.1 Å². The minimum atomic E-state index is -3.43. The predicted molar refractivity (Wildman–Crippen MR) is 102 cm³/mol. The quantitative estimate of drug-likeness (QED) is 0.677. The standard InChI is InChI=1S/C18H15ClN2O5S/c1-27(25,26)14-6-7-15-11(8-14)9-16(18(23)24)21(15)10-17(22)20-13-4-2-12(19)3-5-13/h2-9H,10H2,1H3,(H,20,22)(H,23,24). The summed E-state index contributed by atoms with van der Waals surface area (Å²) < 4.78 is 24.7. The smallest absolute Gasteiger partial charge is 0.352 e. The zero-order valence-corrected chi connectivity index (χ0v) is 15.7. The van der Waals surface area contributed by atoms with Crippen LogP contribution in [-0.2, 0) is 21.2 Å². The van der Waals surface area contributed by atoms with Gasteiger partial charge in [0.25, 0.3) is 0 Å². The Kier molecular flexibility index (Phi) is 4.95. The minimum Gasteiger partial charge on any atom is -0.477 e. The lowest BCUT2D eigenvalue weighted by Crippen LogP contribution is -2.21. The van der Waals surface area contributed by atoms with Crippen molar-refractivity contribution in [2.24, 2.45) is 0 Å². The van der Waals surface area contributed by atoms with Crippen LogP contribution >= 0.6 is 11.6 Å². The second-order valence-electron chi connectivity index (χ2n) is 5.97. The van der Waals surface area contributed by atoms with Crippen molar-refractivity contribution in [3.05, 3.63) is 59.2 Å². The van der Waals surface area contributed by atoms with E-state index in [4.69, 9.17) is 11.6 Å². The number of nitrogens with one attached hydrogen (secondary N) is 1. The Balaban J connectivity index is 1.96. The molecular formula is C18H15ClN2O5S. The van der Waals surface area contributed by atoms with Gasteiger partial charge in [0.2, 0.25) is 5.91 Å². The molecule has 0 unspecified atom stereocenters. The lowest BCUT2D eigenvalue weighted by atomic mass is 10.2. The number of hydrogen-bond acceptors (Lipinski definition) is 4. The maximum absolute atomic E-state index is 12.4. The van der Waals surface area contributed by atoms with Crippen molar-refractivity contribution < 1.29 is 23.1 Å². The molecule has 0 saturated carbocycles. The van der Waals surface area contributed by atoms with E-state index in [0.29, 0.717) is 21.6 Å². The molecule has 9 heteroatoms. The Morgan fingerprint density at radius 3 is 2.37 bits per heavy atom. The van der Waals surface area contributed by atoms with Crippen molar-refractivity contribution in [1.29, 1.82) is 0 Å². The number of sulfone groups is 1. The van der Waals surface area contributed by atoms with Crippen molar-refractivity contribution in [1.82, 2.24) is 4.57 Å². The molecule has 0 aliphatic rings. The summed E-state index contributed by atoms with van der Waals surface area (Å²) in [6.45, 7) is -0.244. The summed E-state index contributed by atoms with van der Waals surface area (Å²) in [6.07, 6.45) is 1.07. The van der Waals surface area contributed by atoms with Gasteiger partial charge >= 0.3 is 5.97 Å². The second-order valence-corrected chi connectivity index (χ2v) is 8.42. The fraction of sp³-hybridized carbons (Fsp3) is 0.111. The molecule has 1 heterocycles. The number of fused-ring (bicyclic) bond motifs is 1. The van der Waals surface area contributed by atoms with E-state index >= 15 is 0 Å². The Morgan fingerprint density at radius 2 is 1.78 bits per heavy atom. The Labute approximate surface area is 160 Å². The van der Waals surface area contributed by atoms with Crippen LogP contribution in [0.4, 0.5) is 5.69 Å². The van der Waals surface area contributed by atoms with Gasteiger partial charge in [0.15, 0.2) is 9.84 Å². The van der Waals surface area contributed by atoms with Gasteiger partial charge in [-0.25, -0.2) is 13.2 Å². The zero-order valence-electron chi connectivity index (χ0n) is 14.1. The molecule has 0 radical (unpaired) electrons. The fourth-order valence-electron chi connectivity index (χ4n) is 2.70. The van der Waals surface area contributed by atoms with Crippen LogP contribution in [0.15, 0.2) is 53.4 Å². The highest BCUT2D eigenvalue weighted by Gasteiger charge is 2.18. The van der Waals surface area contributed by atoms with Crippen LogP contribution in [0.2, 0.25) is 5.02 Å². The third-order valence-corrected chi connectivity index (χ3v) is 5.31. The molecule has 1 amide bonds. The summed E-state index contributed by atoms with van der Waals surface area (Å²) in [5.74, 6) is -1.64. The van der Waals surface area contributed by atoms with Crippen molar-refractivity contribution in [2.45, 2.75) is 11.4 Å². The number of amides is 1. The molecular weight excluding hydrogens is 392 g/mol. The molecule has 0 atom stereocenters. The second kappa shape index (κ2) is 7.05. The topological polar surface area (TPSA) is 105 Å². The van der Waals surface area contributed by atoms with Gasteiger partial charge in [-0.1, -0.05) is 11.6 Å². The van der Waals surface area contributed by atoms with Crippen LogP contribution in [-0.4, -0.2) is 36.2 Å². The number of halogens is 1. The molecule has 7 nitrogen and oxygen atoms in total. The van der Waals surface area contributed by atoms with Crippen LogP contribution in [0.3, 0.4) is 0 Å². The number of carbonyl (C=O) groups excluding carboxylic acids is 1. The van der Waals surface area contributed by atoms with Crippen LogP contribution in [0.25, 0.3) is 10.9 Å². The van der Waals surface area contributed by atoms with Crippen LogP contribution < -0.4 is 5.32 Å². The van der Waals surface area contributed by atoms with E-state index in [1.54, 1.807) is 24.3 Å². The first-order valence-electron chi connectivity index (χ1n) is 7.77. The molecule has 0 fully saturated rings. The Bertz CT molecular complexity index is 1150. The third-order valence-electron chi connectivity index (χ3n) is 3.95. The van der Waals surface area contributed by atoms with Crippen molar-refractivity contribution in [3.63, 3.8) is 0 Å². The van der Waals surface area contributed by atoms with Gasteiger partial charge in [-0.3, -0.25) is 4.79 Å². The molecule has 0 spiro atoms. The molecule has 1 aromatic heterocycles. The highest BCUT2D eigenvalue weighted by atomic mass is 35.5. The number of hydrogen-bond donors (Lipinski definition) is 2. The van der Waals surface area contributed by atoms with Gasteiger partial charge in [-0.05, 0) is 48.5 Å².